The highest BCUT2D eigenvalue weighted by atomic mass is 16.5. The lowest BCUT2D eigenvalue weighted by atomic mass is 10.1. The van der Waals surface area contributed by atoms with Gasteiger partial charge in [-0.05, 0) is 50.2 Å². The molecule has 7 heteroatoms. The van der Waals surface area contributed by atoms with E-state index in [0.29, 0.717) is 36.6 Å². The predicted molar refractivity (Wildman–Crippen MR) is 112 cm³/mol. The summed E-state index contributed by atoms with van der Waals surface area (Å²) in [4.78, 5) is 27.6. The summed E-state index contributed by atoms with van der Waals surface area (Å²) in [5, 5.41) is 4.54. The lowest BCUT2D eigenvalue weighted by molar-refractivity contribution is -0.134. The smallest absolute Gasteiger partial charge is 0.359 e. The Labute approximate surface area is 181 Å². The van der Waals surface area contributed by atoms with Gasteiger partial charge >= 0.3 is 5.97 Å². The maximum Gasteiger partial charge on any atom is 0.359 e. The number of amides is 1. The first-order chi connectivity index (χ1) is 15.1. The molecule has 0 radical (unpaired) electrons. The zero-order valence-electron chi connectivity index (χ0n) is 17.7. The SMILES string of the molecule is CCOC(=O)c1nn(CC(=O)N2CCC(Oc3ccccc3)C3CC32)c2c1[C@@H]1C[C@@H]1C2. The van der Waals surface area contributed by atoms with Crippen molar-refractivity contribution in [3.63, 3.8) is 0 Å². The molecule has 3 aliphatic carbocycles. The molecule has 1 amide bonds. The summed E-state index contributed by atoms with van der Waals surface area (Å²) < 4.78 is 13.2. The van der Waals surface area contributed by atoms with Crippen LogP contribution in [0.2, 0.25) is 0 Å². The molecule has 4 aliphatic rings. The third kappa shape index (κ3) is 3.22. The number of fused-ring (bicyclic) bond motifs is 4. The minimum Gasteiger partial charge on any atom is -0.490 e. The Morgan fingerprint density at radius 2 is 2.03 bits per heavy atom. The number of piperidine rings is 1. The van der Waals surface area contributed by atoms with Crippen molar-refractivity contribution in [2.45, 2.75) is 57.2 Å². The van der Waals surface area contributed by atoms with Gasteiger partial charge in [0.2, 0.25) is 5.91 Å². The number of benzene rings is 1. The van der Waals surface area contributed by atoms with Crippen LogP contribution in [0.1, 0.15) is 53.8 Å². The second-order valence-corrected chi connectivity index (χ2v) is 9.21. The van der Waals surface area contributed by atoms with E-state index in [1.807, 2.05) is 35.2 Å². The number of likely N-dealkylation sites (tertiary alicyclic amines) is 1. The summed E-state index contributed by atoms with van der Waals surface area (Å²) in [6.45, 7) is 3.04. The largest absolute Gasteiger partial charge is 0.490 e. The van der Waals surface area contributed by atoms with Crippen molar-refractivity contribution in [3.05, 3.63) is 47.3 Å². The van der Waals surface area contributed by atoms with Crippen molar-refractivity contribution < 1.29 is 19.1 Å². The van der Waals surface area contributed by atoms with E-state index in [9.17, 15) is 9.59 Å². The molecule has 1 aromatic carbocycles. The van der Waals surface area contributed by atoms with E-state index < -0.39 is 0 Å². The zero-order chi connectivity index (χ0) is 21.1. The lowest BCUT2D eigenvalue weighted by Crippen LogP contribution is -2.44. The van der Waals surface area contributed by atoms with Crippen LogP contribution < -0.4 is 4.74 Å². The summed E-state index contributed by atoms with van der Waals surface area (Å²) in [6.07, 6.45) is 4.06. The van der Waals surface area contributed by atoms with E-state index in [1.165, 1.54) is 0 Å². The molecule has 162 valence electrons. The van der Waals surface area contributed by atoms with Crippen LogP contribution in [0.4, 0.5) is 0 Å². The number of para-hydroxylation sites is 1. The molecule has 31 heavy (non-hydrogen) atoms. The predicted octanol–water partition coefficient (Wildman–Crippen LogP) is 2.79. The molecule has 6 rings (SSSR count). The summed E-state index contributed by atoms with van der Waals surface area (Å²) in [6, 6.07) is 10.2. The van der Waals surface area contributed by atoms with Gasteiger partial charge in [0.1, 0.15) is 18.4 Å². The van der Waals surface area contributed by atoms with Crippen molar-refractivity contribution >= 4 is 11.9 Å². The Kier molecular flexibility index (Phi) is 4.33. The Morgan fingerprint density at radius 3 is 2.84 bits per heavy atom. The minimum atomic E-state index is -0.362. The van der Waals surface area contributed by atoms with Crippen LogP contribution in [0.15, 0.2) is 30.3 Å². The molecule has 2 saturated carbocycles. The number of hydrogen-bond acceptors (Lipinski definition) is 5. The van der Waals surface area contributed by atoms with Crippen molar-refractivity contribution in [1.82, 2.24) is 14.7 Å². The topological polar surface area (TPSA) is 73.7 Å². The van der Waals surface area contributed by atoms with Crippen LogP contribution >= 0.6 is 0 Å². The Bertz CT molecular complexity index is 1030. The second-order valence-electron chi connectivity index (χ2n) is 9.21. The van der Waals surface area contributed by atoms with Crippen LogP contribution in [0, 0.1) is 11.8 Å². The van der Waals surface area contributed by atoms with Crippen molar-refractivity contribution in [2.24, 2.45) is 11.8 Å². The molecule has 5 atom stereocenters. The van der Waals surface area contributed by atoms with Crippen molar-refractivity contribution in [3.8, 4) is 5.75 Å². The summed E-state index contributed by atoms with van der Waals surface area (Å²) in [5.74, 6) is 2.07. The Balaban J connectivity index is 1.14. The van der Waals surface area contributed by atoms with Crippen LogP contribution in [-0.4, -0.2) is 51.9 Å². The minimum absolute atomic E-state index is 0.0898. The fourth-order valence-electron chi connectivity index (χ4n) is 5.62. The normalized spacial score (nSPS) is 29.6. The van der Waals surface area contributed by atoms with Gasteiger partial charge in [-0.2, -0.15) is 5.10 Å². The van der Waals surface area contributed by atoms with Gasteiger partial charge in [-0.25, -0.2) is 4.79 Å². The molecule has 1 aromatic heterocycles. The van der Waals surface area contributed by atoms with E-state index >= 15 is 0 Å². The van der Waals surface area contributed by atoms with Gasteiger partial charge in [-0.1, -0.05) is 18.2 Å². The van der Waals surface area contributed by atoms with E-state index in [-0.39, 0.29) is 30.6 Å². The van der Waals surface area contributed by atoms with Crippen LogP contribution in [0.3, 0.4) is 0 Å². The van der Waals surface area contributed by atoms with Gasteiger partial charge in [0.15, 0.2) is 5.69 Å². The first-order valence-electron chi connectivity index (χ1n) is 11.4. The molecule has 3 unspecified atom stereocenters. The highest BCUT2D eigenvalue weighted by molar-refractivity contribution is 5.90. The molecule has 1 saturated heterocycles. The average Bonchev–Trinajstić information content (AvgIpc) is 3.66. The summed E-state index contributed by atoms with van der Waals surface area (Å²) in [7, 11) is 0. The highest BCUT2D eigenvalue weighted by Gasteiger charge is 2.53. The molecule has 0 spiro atoms. The molecular formula is C24H27N3O4. The first kappa shape index (κ1) is 18.9. The number of rotatable bonds is 6. The van der Waals surface area contributed by atoms with Gasteiger partial charge in [0, 0.05) is 36.2 Å². The fourth-order valence-corrected chi connectivity index (χ4v) is 5.62. The number of carbonyl (C=O) groups excluding carboxylic acids is 2. The summed E-state index contributed by atoms with van der Waals surface area (Å²) >= 11 is 0. The van der Waals surface area contributed by atoms with E-state index in [4.69, 9.17) is 9.47 Å². The van der Waals surface area contributed by atoms with E-state index in [1.54, 1.807) is 11.6 Å². The zero-order valence-corrected chi connectivity index (χ0v) is 17.7. The van der Waals surface area contributed by atoms with Crippen LogP contribution in [0.5, 0.6) is 5.75 Å². The molecule has 3 fully saturated rings. The fraction of sp³-hybridized carbons (Fsp3) is 0.542. The number of carbonyl (C=O) groups is 2. The third-order valence-electron chi connectivity index (χ3n) is 7.29. The number of ether oxygens (including phenoxy) is 2. The molecule has 7 nitrogen and oxygen atoms in total. The number of esters is 1. The monoisotopic (exact) mass is 421 g/mol. The number of aromatic nitrogens is 2. The molecule has 2 heterocycles. The quantitative estimate of drug-likeness (QED) is 0.671. The lowest BCUT2D eigenvalue weighted by Gasteiger charge is -2.32. The Morgan fingerprint density at radius 1 is 1.19 bits per heavy atom. The molecular weight excluding hydrogens is 394 g/mol. The van der Waals surface area contributed by atoms with Crippen LogP contribution in [-0.2, 0) is 22.5 Å². The molecule has 1 aliphatic heterocycles. The van der Waals surface area contributed by atoms with Gasteiger partial charge in [0.05, 0.1) is 6.61 Å². The Hall–Kier alpha value is -2.83. The second kappa shape index (κ2) is 7.11. The van der Waals surface area contributed by atoms with Gasteiger partial charge in [0.25, 0.3) is 0 Å². The highest BCUT2D eigenvalue weighted by Crippen LogP contribution is 2.57. The van der Waals surface area contributed by atoms with E-state index in [0.717, 1.165) is 42.7 Å². The molecule has 2 aromatic rings. The van der Waals surface area contributed by atoms with Crippen molar-refractivity contribution in [1.29, 1.82) is 0 Å². The van der Waals surface area contributed by atoms with Gasteiger partial charge in [-0.15, -0.1) is 0 Å². The number of hydrogen-bond donors (Lipinski definition) is 0. The maximum atomic E-state index is 13.2. The standard InChI is InChI=1S/C24H27N3O4/c1-2-30-24(29)23-22-16-10-14(16)11-19(22)27(25-23)13-21(28)26-9-8-20(17-12-18(17)26)31-15-6-4-3-5-7-15/h3-7,14,16-18,20H,2,8-13H2,1H3/t14-,16-,17?,18?,20?/m1/s1. The molecule has 0 bridgehead atoms. The summed E-state index contributed by atoms with van der Waals surface area (Å²) in [5.41, 5.74) is 2.52. The van der Waals surface area contributed by atoms with E-state index in [2.05, 4.69) is 5.10 Å². The third-order valence-corrected chi connectivity index (χ3v) is 7.29. The first-order valence-corrected chi connectivity index (χ1v) is 11.4. The average molecular weight is 421 g/mol. The molecule has 0 N–H and O–H groups in total. The van der Waals surface area contributed by atoms with Crippen molar-refractivity contribution in [2.75, 3.05) is 13.2 Å². The van der Waals surface area contributed by atoms with Gasteiger partial charge < -0.3 is 14.4 Å². The van der Waals surface area contributed by atoms with Gasteiger partial charge in [-0.3, -0.25) is 9.48 Å². The van der Waals surface area contributed by atoms with Crippen LogP contribution in [0.25, 0.3) is 0 Å². The maximum absolute atomic E-state index is 13.2. The number of nitrogens with zero attached hydrogens (tertiary/aromatic N) is 3.